The van der Waals surface area contributed by atoms with Gasteiger partial charge < -0.3 is 9.13 Å². The SMILES string of the molecule is c1ccc(-n2c3ccccc3c3cc4c(cc32)c2c3c5cnccc5c5nccn5c3ccc2n4-c2ccccc2)cc1. The van der Waals surface area contributed by atoms with Crippen LogP contribution in [-0.2, 0) is 0 Å². The number of benzene rings is 5. The molecule has 43 heavy (non-hydrogen) atoms. The molecule has 0 spiro atoms. The molecule has 0 N–H and O–H groups in total. The van der Waals surface area contributed by atoms with Crippen LogP contribution in [0.1, 0.15) is 0 Å². The van der Waals surface area contributed by atoms with Crippen LogP contribution in [0.25, 0.3) is 82.3 Å². The maximum atomic E-state index is 4.73. The summed E-state index contributed by atoms with van der Waals surface area (Å²) in [5.41, 5.74) is 9.10. The molecule has 0 aliphatic carbocycles. The lowest BCUT2D eigenvalue weighted by Gasteiger charge is -2.11. The summed E-state index contributed by atoms with van der Waals surface area (Å²) in [6.07, 6.45) is 7.80. The van der Waals surface area contributed by atoms with E-state index in [9.17, 15) is 0 Å². The van der Waals surface area contributed by atoms with Gasteiger partial charge in [-0.15, -0.1) is 0 Å². The number of fused-ring (bicyclic) bond motifs is 13. The highest BCUT2D eigenvalue weighted by Crippen LogP contribution is 2.43. The lowest BCUT2D eigenvalue weighted by Crippen LogP contribution is -1.95. The van der Waals surface area contributed by atoms with Gasteiger partial charge in [-0.1, -0.05) is 54.6 Å². The van der Waals surface area contributed by atoms with Crippen molar-refractivity contribution in [3.63, 3.8) is 0 Å². The van der Waals surface area contributed by atoms with Crippen LogP contribution < -0.4 is 0 Å². The number of hydrogen-bond donors (Lipinski definition) is 0. The Bertz CT molecular complexity index is 2710. The number of aromatic nitrogens is 5. The van der Waals surface area contributed by atoms with E-state index in [0.29, 0.717) is 0 Å². The van der Waals surface area contributed by atoms with Crippen molar-refractivity contribution >= 4 is 70.9 Å². The maximum absolute atomic E-state index is 4.73. The number of nitrogens with zero attached hydrogens (tertiary/aromatic N) is 5. The van der Waals surface area contributed by atoms with Gasteiger partial charge >= 0.3 is 0 Å². The molecule has 0 aliphatic rings. The van der Waals surface area contributed by atoms with Crippen molar-refractivity contribution in [2.75, 3.05) is 0 Å². The van der Waals surface area contributed by atoms with Gasteiger partial charge in [0, 0.05) is 73.9 Å². The highest BCUT2D eigenvalue weighted by Gasteiger charge is 2.21. The molecule has 5 aromatic heterocycles. The molecule has 5 heteroatoms. The average Bonchev–Trinajstić information content (AvgIpc) is 3.77. The summed E-state index contributed by atoms with van der Waals surface area (Å²) in [5.74, 6) is 0. The van der Waals surface area contributed by atoms with Crippen LogP contribution in [0.3, 0.4) is 0 Å². The number of para-hydroxylation sites is 3. The number of rotatable bonds is 2. The molecule has 0 amide bonds. The summed E-state index contributed by atoms with van der Waals surface area (Å²) in [5, 5.41) is 8.30. The Labute approximate surface area is 245 Å². The van der Waals surface area contributed by atoms with Crippen molar-refractivity contribution in [2.24, 2.45) is 0 Å². The molecule has 0 atom stereocenters. The second-order valence-corrected chi connectivity index (χ2v) is 11.1. The van der Waals surface area contributed by atoms with Gasteiger partial charge in [-0.3, -0.25) is 9.38 Å². The van der Waals surface area contributed by atoms with E-state index in [0.717, 1.165) is 33.3 Å². The molecule has 0 radical (unpaired) electrons. The highest BCUT2D eigenvalue weighted by atomic mass is 15.0. The van der Waals surface area contributed by atoms with Crippen LogP contribution in [0, 0.1) is 0 Å². The van der Waals surface area contributed by atoms with E-state index in [2.05, 4.69) is 140 Å². The van der Waals surface area contributed by atoms with Gasteiger partial charge in [0.05, 0.1) is 27.6 Å². The van der Waals surface area contributed by atoms with Gasteiger partial charge in [-0.2, -0.15) is 0 Å². The van der Waals surface area contributed by atoms with E-state index in [4.69, 9.17) is 4.98 Å². The number of pyridine rings is 2. The van der Waals surface area contributed by atoms with Crippen molar-refractivity contribution in [1.82, 2.24) is 23.5 Å². The molecule has 200 valence electrons. The van der Waals surface area contributed by atoms with Gasteiger partial charge in [0.1, 0.15) is 5.65 Å². The minimum atomic E-state index is 0.947. The van der Waals surface area contributed by atoms with E-state index < -0.39 is 0 Å². The van der Waals surface area contributed by atoms with Crippen LogP contribution in [0.5, 0.6) is 0 Å². The molecule has 10 rings (SSSR count). The minimum absolute atomic E-state index is 0.947. The summed E-state index contributed by atoms with van der Waals surface area (Å²) < 4.78 is 7.02. The summed E-state index contributed by atoms with van der Waals surface area (Å²) in [6.45, 7) is 0. The van der Waals surface area contributed by atoms with Crippen LogP contribution in [0.2, 0.25) is 0 Å². The summed E-state index contributed by atoms with van der Waals surface area (Å²) >= 11 is 0. The Morgan fingerprint density at radius 3 is 1.91 bits per heavy atom. The van der Waals surface area contributed by atoms with Crippen molar-refractivity contribution in [1.29, 1.82) is 0 Å². The Morgan fingerprint density at radius 2 is 1.09 bits per heavy atom. The zero-order valence-electron chi connectivity index (χ0n) is 23.0. The van der Waals surface area contributed by atoms with Crippen LogP contribution in [0.15, 0.2) is 140 Å². The van der Waals surface area contributed by atoms with Gasteiger partial charge in [0.2, 0.25) is 0 Å². The van der Waals surface area contributed by atoms with E-state index in [1.54, 1.807) is 0 Å². The van der Waals surface area contributed by atoms with E-state index in [1.165, 1.54) is 49.0 Å². The Kier molecular flexibility index (Phi) is 4.39. The predicted octanol–water partition coefficient (Wildman–Crippen LogP) is 9.23. The monoisotopic (exact) mass is 549 g/mol. The fourth-order valence-corrected chi connectivity index (χ4v) is 7.23. The lowest BCUT2D eigenvalue weighted by molar-refractivity contribution is 1.17. The smallest absolute Gasteiger partial charge is 0.145 e. The standard InChI is InChI=1S/C38H23N5/c1-3-9-24(10-4-1)42-31-14-8-7-13-26(31)28-21-35-29(22-34(28)42)36-33(43(35)25-11-5-2-6-12-25)16-15-32-37(36)30-23-39-18-17-27(30)38-40-19-20-41(32)38/h1-23H. The molecule has 0 unspecified atom stereocenters. The third-order valence-corrected chi connectivity index (χ3v) is 8.96. The molecule has 0 bridgehead atoms. The van der Waals surface area contributed by atoms with Gasteiger partial charge in [-0.05, 0) is 60.7 Å². The zero-order valence-corrected chi connectivity index (χ0v) is 23.0. The molecular formula is C38H23N5. The first kappa shape index (κ1) is 22.7. The normalized spacial score (nSPS) is 12.2. The fourth-order valence-electron chi connectivity index (χ4n) is 7.23. The second-order valence-electron chi connectivity index (χ2n) is 11.1. The molecule has 5 aromatic carbocycles. The van der Waals surface area contributed by atoms with E-state index in [-0.39, 0.29) is 0 Å². The Morgan fingerprint density at radius 1 is 0.442 bits per heavy atom. The summed E-state index contributed by atoms with van der Waals surface area (Å²) in [6, 6.07) is 41.5. The minimum Gasteiger partial charge on any atom is -0.309 e. The zero-order chi connectivity index (χ0) is 28.1. The third kappa shape index (κ3) is 2.95. The largest absolute Gasteiger partial charge is 0.309 e. The molecule has 0 saturated carbocycles. The molecule has 0 saturated heterocycles. The van der Waals surface area contributed by atoms with Gasteiger partial charge in [-0.25, -0.2) is 4.98 Å². The summed E-state index contributed by atoms with van der Waals surface area (Å²) in [4.78, 5) is 9.32. The first-order valence-electron chi connectivity index (χ1n) is 14.5. The highest BCUT2D eigenvalue weighted by molar-refractivity contribution is 6.30. The number of imidazole rings is 1. The van der Waals surface area contributed by atoms with Gasteiger partial charge in [0.25, 0.3) is 0 Å². The van der Waals surface area contributed by atoms with Crippen LogP contribution in [0.4, 0.5) is 0 Å². The average molecular weight is 550 g/mol. The first-order valence-corrected chi connectivity index (χ1v) is 14.5. The second kappa shape index (κ2) is 8.30. The van der Waals surface area contributed by atoms with Crippen molar-refractivity contribution in [3.8, 4) is 11.4 Å². The van der Waals surface area contributed by atoms with Crippen LogP contribution in [-0.4, -0.2) is 23.5 Å². The van der Waals surface area contributed by atoms with Crippen molar-refractivity contribution < 1.29 is 0 Å². The molecule has 5 nitrogen and oxygen atoms in total. The summed E-state index contributed by atoms with van der Waals surface area (Å²) in [7, 11) is 0. The van der Waals surface area contributed by atoms with Gasteiger partial charge in [0.15, 0.2) is 0 Å². The first-order chi connectivity index (χ1) is 21.4. The van der Waals surface area contributed by atoms with E-state index >= 15 is 0 Å². The topological polar surface area (TPSA) is 40.1 Å². The third-order valence-electron chi connectivity index (χ3n) is 8.96. The quantitative estimate of drug-likeness (QED) is 0.202. The lowest BCUT2D eigenvalue weighted by atomic mass is 10.0. The van der Waals surface area contributed by atoms with Crippen LogP contribution >= 0.6 is 0 Å². The number of hydrogen-bond acceptors (Lipinski definition) is 2. The van der Waals surface area contributed by atoms with Crippen molar-refractivity contribution in [3.05, 3.63) is 140 Å². The molecule has 0 fully saturated rings. The van der Waals surface area contributed by atoms with Crippen molar-refractivity contribution in [2.45, 2.75) is 0 Å². The Balaban J connectivity index is 1.50. The fraction of sp³-hybridized carbons (Fsp3) is 0. The molecule has 5 heterocycles. The Hall–Kier alpha value is -5.94. The maximum Gasteiger partial charge on any atom is 0.145 e. The molecular weight excluding hydrogens is 526 g/mol. The molecule has 10 aromatic rings. The predicted molar refractivity (Wildman–Crippen MR) is 177 cm³/mol. The molecule has 0 aliphatic heterocycles. The van der Waals surface area contributed by atoms with E-state index in [1.807, 2.05) is 18.6 Å².